The molecule has 222 valence electrons. The number of ether oxygens (including phenoxy) is 1. The number of anilines is 3. The van der Waals surface area contributed by atoms with E-state index in [9.17, 15) is 18.0 Å². The summed E-state index contributed by atoms with van der Waals surface area (Å²) in [6.45, 7) is 9.33. The van der Waals surface area contributed by atoms with Crippen molar-refractivity contribution in [1.29, 1.82) is 0 Å². The summed E-state index contributed by atoms with van der Waals surface area (Å²) < 4.78 is 47.4. The molecule has 1 saturated heterocycles. The molecular weight excluding hydrogens is 549 g/mol. The monoisotopic (exact) mass is 582 g/mol. The van der Waals surface area contributed by atoms with Gasteiger partial charge in [0.1, 0.15) is 11.8 Å². The predicted octanol–water partition coefficient (Wildman–Crippen LogP) is 5.44. The molecule has 5 rings (SSSR count). The van der Waals surface area contributed by atoms with Crippen molar-refractivity contribution in [3.63, 3.8) is 0 Å². The molecule has 3 aromatic rings. The van der Waals surface area contributed by atoms with E-state index in [-0.39, 0.29) is 22.9 Å². The van der Waals surface area contributed by atoms with Crippen molar-refractivity contribution in [2.75, 3.05) is 61.6 Å². The van der Waals surface area contributed by atoms with Crippen LogP contribution in [0, 0.1) is 13.8 Å². The Hall–Kier alpha value is -4.26. The zero-order chi connectivity index (χ0) is 30.0. The van der Waals surface area contributed by atoms with Crippen molar-refractivity contribution in [2.24, 2.45) is 10.3 Å². The standard InChI is InChI=1S/C29H33F3N8O2/c1-5-38-6-8-39(9-7-38)26-13-22(12-24(18(26)2)29(30,31)32)35-28(41)21-11-27(19(3)34-15-21)40-17-25(36-37-40)20-10-23(42-4)16-33-14-20/h10-16,25H,5-9,17H2,1-4H3,(H,35,41). The molecule has 1 unspecified atom stereocenters. The van der Waals surface area contributed by atoms with Gasteiger partial charge < -0.3 is 19.9 Å². The van der Waals surface area contributed by atoms with Crippen molar-refractivity contribution in [3.8, 4) is 5.75 Å². The third kappa shape index (κ3) is 6.15. The van der Waals surface area contributed by atoms with E-state index in [0.717, 1.165) is 31.3 Å². The van der Waals surface area contributed by atoms with Gasteiger partial charge in [-0.05, 0) is 50.2 Å². The van der Waals surface area contributed by atoms with Crippen LogP contribution in [0.4, 0.5) is 30.2 Å². The van der Waals surface area contributed by atoms with Gasteiger partial charge in [-0.15, -0.1) is 0 Å². The Morgan fingerprint density at radius 2 is 1.81 bits per heavy atom. The van der Waals surface area contributed by atoms with Gasteiger partial charge in [-0.25, -0.2) is 5.01 Å². The molecule has 0 bridgehead atoms. The van der Waals surface area contributed by atoms with Crippen LogP contribution in [-0.2, 0) is 6.18 Å². The van der Waals surface area contributed by atoms with Gasteiger partial charge in [-0.2, -0.15) is 18.3 Å². The number of methoxy groups -OCH3 is 1. The lowest BCUT2D eigenvalue weighted by Gasteiger charge is -2.37. The quantitative estimate of drug-likeness (QED) is 0.396. The first-order valence-corrected chi connectivity index (χ1v) is 13.7. The SMILES string of the molecule is CCN1CCN(c2cc(NC(=O)c3cnc(C)c(N4CC(c5cncc(OC)c5)N=N4)c3)cc(C(F)(F)F)c2C)CC1. The molecular formula is C29H33F3N8O2. The topological polar surface area (TPSA) is 98.5 Å². The zero-order valence-electron chi connectivity index (χ0n) is 23.9. The number of nitrogens with zero attached hydrogens (tertiary/aromatic N) is 7. The Balaban J connectivity index is 1.37. The Morgan fingerprint density at radius 1 is 1.05 bits per heavy atom. The van der Waals surface area contributed by atoms with Crippen LogP contribution in [0.15, 0.2) is 53.2 Å². The molecule has 0 aliphatic carbocycles. The van der Waals surface area contributed by atoms with E-state index in [1.807, 2.05) is 11.0 Å². The van der Waals surface area contributed by atoms with Crippen LogP contribution < -0.4 is 20.0 Å². The minimum Gasteiger partial charge on any atom is -0.495 e. The number of piperazine rings is 1. The van der Waals surface area contributed by atoms with Crippen LogP contribution >= 0.6 is 0 Å². The molecule has 1 N–H and O–H groups in total. The number of alkyl halides is 3. The number of likely N-dealkylation sites (N-methyl/N-ethyl adjacent to an activating group) is 1. The molecule has 2 aliphatic heterocycles. The number of hydrogen-bond acceptors (Lipinski definition) is 9. The fourth-order valence-electron chi connectivity index (χ4n) is 5.22. The molecule has 0 spiro atoms. The first-order chi connectivity index (χ1) is 20.1. The van der Waals surface area contributed by atoms with Crippen molar-refractivity contribution in [1.82, 2.24) is 14.9 Å². The molecule has 0 saturated carbocycles. The maximum Gasteiger partial charge on any atom is 0.416 e. The highest BCUT2D eigenvalue weighted by molar-refractivity contribution is 6.05. The molecule has 0 radical (unpaired) electrons. The van der Waals surface area contributed by atoms with Gasteiger partial charge in [-0.1, -0.05) is 12.1 Å². The average molecular weight is 583 g/mol. The zero-order valence-corrected chi connectivity index (χ0v) is 23.9. The summed E-state index contributed by atoms with van der Waals surface area (Å²) in [5.74, 6) is 0.0287. The molecule has 2 aliphatic rings. The van der Waals surface area contributed by atoms with Gasteiger partial charge in [0.25, 0.3) is 5.91 Å². The molecule has 1 aromatic carbocycles. The van der Waals surface area contributed by atoms with E-state index in [2.05, 4.69) is 37.4 Å². The smallest absolute Gasteiger partial charge is 0.416 e. The van der Waals surface area contributed by atoms with E-state index in [4.69, 9.17) is 4.74 Å². The van der Waals surface area contributed by atoms with Gasteiger partial charge in [0.05, 0.1) is 42.4 Å². The molecule has 1 fully saturated rings. The van der Waals surface area contributed by atoms with E-state index >= 15 is 0 Å². The van der Waals surface area contributed by atoms with Crippen LogP contribution in [0.5, 0.6) is 5.75 Å². The summed E-state index contributed by atoms with van der Waals surface area (Å²) in [6.07, 6.45) is 0.123. The number of carbonyl (C=O) groups excluding carboxylic acids is 1. The Labute approximate surface area is 242 Å². The number of hydrogen-bond donors (Lipinski definition) is 1. The summed E-state index contributed by atoms with van der Waals surface area (Å²) in [6, 6.07) is 5.77. The fourth-order valence-corrected chi connectivity index (χ4v) is 5.22. The number of aryl methyl sites for hydroxylation is 1. The predicted molar refractivity (Wildman–Crippen MR) is 153 cm³/mol. The second kappa shape index (κ2) is 11.9. The first kappa shape index (κ1) is 29.2. The van der Waals surface area contributed by atoms with Gasteiger partial charge in [0, 0.05) is 55.5 Å². The highest BCUT2D eigenvalue weighted by Gasteiger charge is 2.35. The summed E-state index contributed by atoms with van der Waals surface area (Å²) in [5.41, 5.74) is 2.11. The largest absolute Gasteiger partial charge is 0.495 e. The van der Waals surface area contributed by atoms with Crippen LogP contribution in [0.25, 0.3) is 0 Å². The molecule has 1 amide bonds. The van der Waals surface area contributed by atoms with E-state index in [0.29, 0.717) is 42.5 Å². The maximum absolute atomic E-state index is 14.0. The Bertz CT molecular complexity index is 1490. The third-order valence-corrected chi connectivity index (χ3v) is 7.70. The van der Waals surface area contributed by atoms with Crippen LogP contribution in [-0.4, -0.2) is 67.2 Å². The van der Waals surface area contributed by atoms with Crippen LogP contribution in [0.3, 0.4) is 0 Å². The summed E-state index contributed by atoms with van der Waals surface area (Å²) in [5, 5.41) is 12.9. The van der Waals surface area contributed by atoms with Crippen LogP contribution in [0.1, 0.15) is 45.7 Å². The van der Waals surface area contributed by atoms with Crippen LogP contribution in [0.2, 0.25) is 0 Å². The number of rotatable bonds is 7. The average Bonchev–Trinajstić information content (AvgIpc) is 3.48. The van der Waals surface area contributed by atoms with Crippen molar-refractivity contribution in [2.45, 2.75) is 33.0 Å². The third-order valence-electron chi connectivity index (χ3n) is 7.70. The molecule has 10 nitrogen and oxygen atoms in total. The molecule has 1 atom stereocenters. The maximum atomic E-state index is 14.0. The first-order valence-electron chi connectivity index (χ1n) is 13.7. The minimum atomic E-state index is -4.57. The summed E-state index contributed by atoms with van der Waals surface area (Å²) >= 11 is 0. The molecule has 2 aromatic heterocycles. The number of carbonyl (C=O) groups is 1. The van der Waals surface area contributed by atoms with Crippen molar-refractivity contribution < 1.29 is 22.7 Å². The number of aromatic nitrogens is 2. The summed E-state index contributed by atoms with van der Waals surface area (Å²) in [7, 11) is 1.56. The highest BCUT2D eigenvalue weighted by atomic mass is 19.4. The van der Waals surface area contributed by atoms with Crippen molar-refractivity contribution >= 4 is 23.0 Å². The van der Waals surface area contributed by atoms with Gasteiger partial charge in [0.2, 0.25) is 0 Å². The fraction of sp³-hybridized carbons (Fsp3) is 0.414. The number of benzene rings is 1. The van der Waals surface area contributed by atoms with Gasteiger partial charge in [-0.3, -0.25) is 14.8 Å². The lowest BCUT2D eigenvalue weighted by Crippen LogP contribution is -2.46. The van der Waals surface area contributed by atoms with Crippen molar-refractivity contribution in [3.05, 3.63) is 70.8 Å². The number of amides is 1. The Kier molecular flexibility index (Phi) is 8.30. The molecule has 4 heterocycles. The number of pyridine rings is 2. The molecule has 13 heteroatoms. The second-order valence-corrected chi connectivity index (χ2v) is 10.3. The lowest BCUT2D eigenvalue weighted by atomic mass is 10.0. The number of nitrogens with one attached hydrogen (secondary N) is 1. The minimum absolute atomic E-state index is 0.0689. The molecule has 42 heavy (non-hydrogen) atoms. The van der Waals surface area contributed by atoms with Gasteiger partial charge >= 0.3 is 6.18 Å². The lowest BCUT2D eigenvalue weighted by molar-refractivity contribution is -0.138. The number of halogens is 3. The highest BCUT2D eigenvalue weighted by Crippen LogP contribution is 2.39. The van der Waals surface area contributed by atoms with E-state index in [1.54, 1.807) is 43.6 Å². The second-order valence-electron chi connectivity index (χ2n) is 10.3. The van der Waals surface area contributed by atoms with E-state index < -0.39 is 17.6 Å². The normalized spacial score (nSPS) is 17.5. The summed E-state index contributed by atoms with van der Waals surface area (Å²) in [4.78, 5) is 26.1. The van der Waals surface area contributed by atoms with Gasteiger partial charge in [0.15, 0.2) is 0 Å². The van der Waals surface area contributed by atoms with E-state index in [1.165, 1.54) is 13.1 Å². The Morgan fingerprint density at radius 3 is 2.50 bits per heavy atom.